The van der Waals surface area contributed by atoms with E-state index >= 15 is 0 Å². The highest BCUT2D eigenvalue weighted by molar-refractivity contribution is 6.02. The molecule has 2 aromatic rings. The van der Waals surface area contributed by atoms with Gasteiger partial charge in [0, 0.05) is 18.3 Å². The number of aromatic nitrogens is 2. The second kappa shape index (κ2) is 6.64. The van der Waals surface area contributed by atoms with E-state index < -0.39 is 17.6 Å². The molecule has 0 bridgehead atoms. The van der Waals surface area contributed by atoms with Crippen molar-refractivity contribution in [3.05, 3.63) is 58.0 Å². The lowest BCUT2D eigenvalue weighted by Gasteiger charge is -2.10. The van der Waals surface area contributed by atoms with Crippen LogP contribution in [0.25, 0.3) is 0 Å². The monoisotopic (exact) mass is 325 g/mol. The van der Waals surface area contributed by atoms with Gasteiger partial charge in [-0.2, -0.15) is 18.3 Å². The van der Waals surface area contributed by atoms with Crippen LogP contribution in [0.5, 0.6) is 0 Å². The number of carbonyl (C=O) groups is 1. The van der Waals surface area contributed by atoms with Crippen LogP contribution in [0.4, 0.5) is 18.9 Å². The van der Waals surface area contributed by atoms with E-state index in [-0.39, 0.29) is 16.9 Å². The quantitative estimate of drug-likeness (QED) is 0.940. The number of nitrogens with one attached hydrogen (secondary N) is 1. The Bertz CT molecular complexity index is 769. The number of hydrogen-bond donors (Lipinski definition) is 1. The third kappa shape index (κ3) is 4.18. The molecule has 0 spiro atoms. The van der Waals surface area contributed by atoms with E-state index in [1.165, 1.54) is 24.3 Å². The summed E-state index contributed by atoms with van der Waals surface area (Å²) in [5, 5.41) is 6.24. The zero-order chi connectivity index (χ0) is 17.0. The first kappa shape index (κ1) is 16.7. The predicted octanol–water partition coefficient (Wildman–Crippen LogP) is 2.92. The topological polar surface area (TPSA) is 64.0 Å². The van der Waals surface area contributed by atoms with Gasteiger partial charge in [0.05, 0.1) is 5.56 Å². The van der Waals surface area contributed by atoms with Gasteiger partial charge in [-0.05, 0) is 30.7 Å². The maximum Gasteiger partial charge on any atom is 0.416 e. The molecule has 0 saturated heterocycles. The minimum atomic E-state index is -4.49. The molecule has 23 heavy (non-hydrogen) atoms. The van der Waals surface area contributed by atoms with Crippen molar-refractivity contribution in [3.8, 4) is 0 Å². The summed E-state index contributed by atoms with van der Waals surface area (Å²) >= 11 is 0. The van der Waals surface area contributed by atoms with Gasteiger partial charge in [0.1, 0.15) is 5.69 Å². The van der Waals surface area contributed by atoms with Crippen LogP contribution >= 0.6 is 0 Å². The SMILES string of the molecule is CCCn1nc(C(=O)Nc2cccc(C(F)(F)F)c2)ccc1=O. The number of carbonyl (C=O) groups excluding carboxylic acids is 1. The lowest BCUT2D eigenvalue weighted by Crippen LogP contribution is -2.26. The van der Waals surface area contributed by atoms with Crippen molar-refractivity contribution >= 4 is 11.6 Å². The molecular formula is C15H14F3N3O2. The second-order valence-electron chi connectivity index (χ2n) is 4.81. The molecule has 0 aliphatic rings. The molecule has 1 N–H and O–H groups in total. The summed E-state index contributed by atoms with van der Waals surface area (Å²) in [6, 6.07) is 6.72. The molecule has 0 aliphatic carbocycles. The number of benzene rings is 1. The highest BCUT2D eigenvalue weighted by atomic mass is 19.4. The Balaban J connectivity index is 2.23. The first-order valence-electron chi connectivity index (χ1n) is 6.88. The number of nitrogens with zero attached hydrogens (tertiary/aromatic N) is 2. The zero-order valence-corrected chi connectivity index (χ0v) is 12.2. The van der Waals surface area contributed by atoms with E-state index in [9.17, 15) is 22.8 Å². The summed E-state index contributed by atoms with van der Waals surface area (Å²) in [5.74, 6) is -0.686. The number of amides is 1. The van der Waals surface area contributed by atoms with Gasteiger partial charge in [-0.1, -0.05) is 13.0 Å². The maximum absolute atomic E-state index is 12.6. The number of anilines is 1. The van der Waals surface area contributed by atoms with Crippen LogP contribution in [0.15, 0.2) is 41.2 Å². The second-order valence-corrected chi connectivity index (χ2v) is 4.81. The van der Waals surface area contributed by atoms with Gasteiger partial charge in [-0.3, -0.25) is 9.59 Å². The lowest BCUT2D eigenvalue weighted by atomic mass is 10.2. The average Bonchev–Trinajstić information content (AvgIpc) is 2.49. The summed E-state index contributed by atoms with van der Waals surface area (Å²) in [7, 11) is 0. The van der Waals surface area contributed by atoms with E-state index in [1.54, 1.807) is 0 Å². The minimum Gasteiger partial charge on any atom is -0.321 e. The molecule has 1 aromatic carbocycles. The summed E-state index contributed by atoms with van der Waals surface area (Å²) in [6.45, 7) is 2.20. The highest BCUT2D eigenvalue weighted by Gasteiger charge is 2.30. The fraction of sp³-hybridized carbons (Fsp3) is 0.267. The number of rotatable bonds is 4. The summed E-state index contributed by atoms with van der Waals surface area (Å²) in [5.41, 5.74) is -1.25. The number of alkyl halides is 3. The molecule has 0 radical (unpaired) electrons. The van der Waals surface area contributed by atoms with Gasteiger partial charge >= 0.3 is 6.18 Å². The average molecular weight is 325 g/mol. The van der Waals surface area contributed by atoms with E-state index in [2.05, 4.69) is 10.4 Å². The van der Waals surface area contributed by atoms with E-state index in [0.717, 1.165) is 16.8 Å². The number of aryl methyl sites for hydroxylation is 1. The van der Waals surface area contributed by atoms with E-state index in [0.29, 0.717) is 13.0 Å². The lowest BCUT2D eigenvalue weighted by molar-refractivity contribution is -0.137. The molecule has 122 valence electrons. The fourth-order valence-corrected chi connectivity index (χ4v) is 1.91. The van der Waals surface area contributed by atoms with E-state index in [4.69, 9.17) is 0 Å². The predicted molar refractivity (Wildman–Crippen MR) is 78.2 cm³/mol. The van der Waals surface area contributed by atoms with Gasteiger partial charge in [-0.25, -0.2) is 4.68 Å². The number of hydrogen-bond acceptors (Lipinski definition) is 3. The van der Waals surface area contributed by atoms with Crippen molar-refractivity contribution in [3.63, 3.8) is 0 Å². The van der Waals surface area contributed by atoms with Gasteiger partial charge in [0.15, 0.2) is 0 Å². The summed E-state index contributed by atoms with van der Waals surface area (Å²) < 4.78 is 39.1. The molecular weight excluding hydrogens is 311 g/mol. The van der Waals surface area contributed by atoms with Crippen molar-refractivity contribution in [1.82, 2.24) is 9.78 Å². The Kier molecular flexibility index (Phi) is 4.83. The first-order valence-corrected chi connectivity index (χ1v) is 6.88. The molecule has 8 heteroatoms. The highest BCUT2D eigenvalue weighted by Crippen LogP contribution is 2.30. The first-order chi connectivity index (χ1) is 10.8. The molecule has 5 nitrogen and oxygen atoms in total. The van der Waals surface area contributed by atoms with Crippen molar-refractivity contribution in [1.29, 1.82) is 0 Å². The van der Waals surface area contributed by atoms with Crippen LogP contribution in [0.2, 0.25) is 0 Å². The largest absolute Gasteiger partial charge is 0.416 e. The van der Waals surface area contributed by atoms with Gasteiger partial charge in [0.25, 0.3) is 11.5 Å². The number of halogens is 3. The minimum absolute atomic E-state index is 0.000124. The third-order valence-electron chi connectivity index (χ3n) is 2.98. The third-order valence-corrected chi connectivity index (χ3v) is 2.98. The van der Waals surface area contributed by atoms with Crippen molar-refractivity contribution in [2.75, 3.05) is 5.32 Å². The molecule has 0 saturated carbocycles. The molecule has 0 aliphatic heterocycles. The molecule has 0 atom stereocenters. The Labute approximate surface area is 129 Å². The van der Waals surface area contributed by atoms with Gasteiger partial charge in [0.2, 0.25) is 0 Å². The Morgan fingerprint density at radius 1 is 1.26 bits per heavy atom. The molecule has 0 fully saturated rings. The van der Waals surface area contributed by atoms with Crippen LogP contribution in [0.3, 0.4) is 0 Å². The van der Waals surface area contributed by atoms with Crippen molar-refractivity contribution in [2.45, 2.75) is 26.1 Å². The van der Waals surface area contributed by atoms with Crippen LogP contribution in [-0.4, -0.2) is 15.7 Å². The molecule has 0 unspecified atom stereocenters. The van der Waals surface area contributed by atoms with Gasteiger partial charge < -0.3 is 5.32 Å². The van der Waals surface area contributed by atoms with Gasteiger partial charge in [-0.15, -0.1) is 0 Å². The standard InChI is InChI=1S/C15H14F3N3O2/c1-2-8-21-13(22)7-6-12(20-21)14(23)19-11-5-3-4-10(9-11)15(16,17)18/h3-7,9H,2,8H2,1H3,(H,19,23). The Morgan fingerprint density at radius 3 is 2.65 bits per heavy atom. The molecule has 1 amide bonds. The molecule has 1 heterocycles. The molecule has 2 rings (SSSR count). The van der Waals surface area contributed by atoms with Crippen LogP contribution in [0, 0.1) is 0 Å². The maximum atomic E-state index is 12.6. The fourth-order valence-electron chi connectivity index (χ4n) is 1.91. The smallest absolute Gasteiger partial charge is 0.321 e. The van der Waals surface area contributed by atoms with Crippen molar-refractivity contribution in [2.24, 2.45) is 0 Å². The Morgan fingerprint density at radius 2 is 2.00 bits per heavy atom. The van der Waals surface area contributed by atoms with Crippen LogP contribution < -0.4 is 10.9 Å². The molecule has 1 aromatic heterocycles. The summed E-state index contributed by atoms with van der Waals surface area (Å²) in [6.07, 6.45) is -3.83. The normalized spacial score (nSPS) is 11.3. The summed E-state index contributed by atoms with van der Waals surface area (Å²) in [4.78, 5) is 23.6. The Hall–Kier alpha value is -2.64. The zero-order valence-electron chi connectivity index (χ0n) is 12.2. The van der Waals surface area contributed by atoms with E-state index in [1.807, 2.05) is 6.92 Å². The van der Waals surface area contributed by atoms with Crippen LogP contribution in [0.1, 0.15) is 29.4 Å². The van der Waals surface area contributed by atoms with Crippen LogP contribution in [-0.2, 0) is 12.7 Å². The van der Waals surface area contributed by atoms with Crippen molar-refractivity contribution < 1.29 is 18.0 Å².